The molecule has 0 radical (unpaired) electrons. The van der Waals surface area contributed by atoms with Crippen molar-refractivity contribution < 1.29 is 0 Å². The van der Waals surface area contributed by atoms with Gasteiger partial charge < -0.3 is 4.90 Å². The quantitative estimate of drug-likeness (QED) is 0.762. The lowest BCUT2D eigenvalue weighted by molar-refractivity contribution is 0.199. The molecule has 2 aromatic carbocycles. The average Bonchev–Trinajstić information content (AvgIpc) is 2.86. The summed E-state index contributed by atoms with van der Waals surface area (Å²) in [6.07, 6.45) is 3.64. The van der Waals surface area contributed by atoms with Gasteiger partial charge >= 0.3 is 0 Å². The number of rotatable bonds is 2. The summed E-state index contributed by atoms with van der Waals surface area (Å²) in [5.74, 6) is 0.978. The Morgan fingerprint density at radius 1 is 1.00 bits per heavy atom. The van der Waals surface area contributed by atoms with Crippen LogP contribution < -0.4 is 0 Å². The second kappa shape index (κ2) is 7.83. The van der Waals surface area contributed by atoms with Gasteiger partial charge in [-0.1, -0.05) is 48.4 Å². The Morgan fingerprint density at radius 3 is 2.44 bits per heavy atom. The van der Waals surface area contributed by atoms with Crippen LogP contribution in [0.25, 0.3) is 0 Å². The first-order valence-corrected chi connectivity index (χ1v) is 9.94. The molecule has 0 aromatic heterocycles. The SMILES string of the molecule is CN(C)C1=Nc2ccc(Cl)cc2C(c2ccccc2)=NC1N1CCCCC1. The van der Waals surface area contributed by atoms with Gasteiger partial charge in [0.1, 0.15) is 5.84 Å². The molecule has 4 rings (SSSR count). The number of amidine groups is 1. The van der Waals surface area contributed by atoms with Crippen LogP contribution in [0.3, 0.4) is 0 Å². The summed E-state index contributed by atoms with van der Waals surface area (Å²) in [7, 11) is 4.10. The van der Waals surface area contributed by atoms with E-state index in [1.807, 2.05) is 24.3 Å². The molecule has 0 N–H and O–H groups in total. The maximum Gasteiger partial charge on any atom is 0.161 e. The zero-order valence-corrected chi connectivity index (χ0v) is 16.7. The van der Waals surface area contributed by atoms with E-state index in [2.05, 4.69) is 48.2 Å². The topological polar surface area (TPSA) is 31.2 Å². The summed E-state index contributed by atoms with van der Waals surface area (Å²) in [5.41, 5.74) is 3.97. The van der Waals surface area contributed by atoms with E-state index in [0.717, 1.165) is 41.5 Å². The molecular weight excluding hydrogens is 356 g/mol. The van der Waals surface area contributed by atoms with E-state index in [9.17, 15) is 0 Å². The van der Waals surface area contributed by atoms with Gasteiger partial charge in [0.2, 0.25) is 0 Å². The van der Waals surface area contributed by atoms with Crippen LogP contribution in [0.4, 0.5) is 5.69 Å². The first kappa shape index (κ1) is 18.2. The van der Waals surface area contributed by atoms with Crippen LogP contribution in [-0.4, -0.2) is 54.7 Å². The van der Waals surface area contributed by atoms with Crippen molar-refractivity contribution in [1.29, 1.82) is 0 Å². The van der Waals surface area contributed by atoms with Crippen molar-refractivity contribution in [3.05, 3.63) is 64.7 Å². The van der Waals surface area contributed by atoms with Crippen molar-refractivity contribution in [2.24, 2.45) is 9.98 Å². The summed E-state index contributed by atoms with van der Waals surface area (Å²) < 4.78 is 0. The van der Waals surface area contributed by atoms with E-state index in [1.165, 1.54) is 19.3 Å². The Labute approximate surface area is 166 Å². The number of piperidine rings is 1. The monoisotopic (exact) mass is 380 g/mol. The van der Waals surface area contributed by atoms with Crippen LogP contribution in [0.5, 0.6) is 0 Å². The van der Waals surface area contributed by atoms with Gasteiger partial charge in [0, 0.05) is 43.3 Å². The predicted molar refractivity (Wildman–Crippen MR) is 114 cm³/mol. The maximum atomic E-state index is 6.34. The summed E-state index contributed by atoms with van der Waals surface area (Å²) in [6.45, 7) is 2.11. The van der Waals surface area contributed by atoms with E-state index in [0.29, 0.717) is 5.02 Å². The lowest BCUT2D eigenvalue weighted by atomic mass is 10.0. The van der Waals surface area contributed by atoms with Crippen molar-refractivity contribution >= 4 is 28.8 Å². The molecule has 1 saturated heterocycles. The molecule has 2 aromatic rings. The van der Waals surface area contributed by atoms with Crippen molar-refractivity contribution in [2.45, 2.75) is 25.4 Å². The zero-order chi connectivity index (χ0) is 18.8. The lowest BCUT2D eigenvalue weighted by Gasteiger charge is -2.34. The average molecular weight is 381 g/mol. The lowest BCUT2D eigenvalue weighted by Crippen LogP contribution is -2.47. The minimum Gasteiger partial charge on any atom is -0.363 e. The highest BCUT2D eigenvalue weighted by molar-refractivity contribution is 6.31. The highest BCUT2D eigenvalue weighted by Crippen LogP contribution is 2.31. The Morgan fingerprint density at radius 2 is 1.74 bits per heavy atom. The minimum absolute atomic E-state index is 0.0818. The van der Waals surface area contributed by atoms with Gasteiger partial charge in [0.15, 0.2) is 6.17 Å². The van der Waals surface area contributed by atoms with E-state index < -0.39 is 0 Å². The van der Waals surface area contributed by atoms with E-state index in [4.69, 9.17) is 21.6 Å². The highest BCUT2D eigenvalue weighted by atomic mass is 35.5. The third-order valence-corrected chi connectivity index (χ3v) is 5.41. The summed E-state index contributed by atoms with van der Waals surface area (Å²) >= 11 is 6.34. The Balaban J connectivity index is 1.91. The fourth-order valence-corrected chi connectivity index (χ4v) is 3.96. The number of hydrogen-bond acceptors (Lipinski definition) is 4. The molecule has 1 fully saturated rings. The molecule has 0 saturated carbocycles. The second-order valence-electron chi connectivity index (χ2n) is 7.34. The number of likely N-dealkylation sites (N-methyl/N-ethyl adjacent to an activating group) is 1. The Kier molecular flexibility index (Phi) is 5.28. The normalized spacial score (nSPS) is 20.3. The third kappa shape index (κ3) is 3.78. The molecule has 4 nitrogen and oxygen atoms in total. The van der Waals surface area contributed by atoms with Crippen molar-refractivity contribution in [1.82, 2.24) is 9.80 Å². The van der Waals surface area contributed by atoms with Crippen LogP contribution in [0.15, 0.2) is 58.5 Å². The van der Waals surface area contributed by atoms with Gasteiger partial charge in [-0.05, 0) is 31.0 Å². The molecule has 0 amide bonds. The number of benzene rings is 2. The van der Waals surface area contributed by atoms with Crippen LogP contribution in [0.1, 0.15) is 30.4 Å². The first-order valence-electron chi connectivity index (χ1n) is 9.56. The van der Waals surface area contributed by atoms with E-state index in [-0.39, 0.29) is 6.17 Å². The van der Waals surface area contributed by atoms with Gasteiger partial charge in [-0.2, -0.15) is 0 Å². The van der Waals surface area contributed by atoms with E-state index >= 15 is 0 Å². The number of fused-ring (bicyclic) bond motifs is 1. The Bertz CT molecular complexity index is 867. The van der Waals surface area contributed by atoms with Gasteiger partial charge in [-0.15, -0.1) is 0 Å². The van der Waals surface area contributed by atoms with Gasteiger partial charge in [0.05, 0.1) is 11.4 Å². The third-order valence-electron chi connectivity index (χ3n) is 5.17. The number of likely N-dealkylation sites (tertiary alicyclic amines) is 1. The van der Waals surface area contributed by atoms with Crippen LogP contribution in [-0.2, 0) is 0 Å². The summed E-state index contributed by atoms with van der Waals surface area (Å²) in [5, 5.41) is 0.704. The molecule has 2 heterocycles. The minimum atomic E-state index is -0.0818. The van der Waals surface area contributed by atoms with Crippen LogP contribution in [0.2, 0.25) is 5.02 Å². The molecule has 1 atom stereocenters. The zero-order valence-electron chi connectivity index (χ0n) is 15.9. The molecular formula is C22H25ClN4. The highest BCUT2D eigenvalue weighted by Gasteiger charge is 2.30. The van der Waals surface area contributed by atoms with Gasteiger partial charge in [-0.25, -0.2) is 4.99 Å². The number of nitrogens with zero attached hydrogens (tertiary/aromatic N) is 4. The maximum absolute atomic E-state index is 6.34. The standard InChI is InChI=1S/C22H25ClN4/c1-26(2)21-22(27-13-7-4-8-14-27)25-20(16-9-5-3-6-10-16)18-15-17(23)11-12-19(18)24-21/h3,5-6,9-12,15,22H,4,7-8,13-14H2,1-2H3. The Hall–Kier alpha value is -2.17. The summed E-state index contributed by atoms with van der Waals surface area (Å²) in [6, 6.07) is 16.2. The fourth-order valence-electron chi connectivity index (χ4n) is 3.79. The molecule has 2 aliphatic heterocycles. The number of aliphatic imine (C=N–C) groups is 2. The largest absolute Gasteiger partial charge is 0.363 e. The molecule has 0 aliphatic carbocycles. The molecule has 2 aliphatic rings. The summed E-state index contributed by atoms with van der Waals surface area (Å²) in [4.78, 5) is 14.9. The molecule has 140 valence electrons. The van der Waals surface area contributed by atoms with Crippen LogP contribution >= 0.6 is 11.6 Å². The predicted octanol–water partition coefficient (Wildman–Crippen LogP) is 4.59. The van der Waals surface area contributed by atoms with E-state index in [1.54, 1.807) is 0 Å². The molecule has 5 heteroatoms. The smallest absolute Gasteiger partial charge is 0.161 e. The van der Waals surface area contributed by atoms with Gasteiger partial charge in [0.25, 0.3) is 0 Å². The number of halogens is 1. The van der Waals surface area contributed by atoms with Crippen LogP contribution in [0, 0.1) is 0 Å². The molecule has 0 bridgehead atoms. The molecule has 1 unspecified atom stereocenters. The van der Waals surface area contributed by atoms with Gasteiger partial charge in [-0.3, -0.25) is 9.89 Å². The molecule has 27 heavy (non-hydrogen) atoms. The van der Waals surface area contributed by atoms with Crippen molar-refractivity contribution in [3.8, 4) is 0 Å². The fraction of sp³-hybridized carbons (Fsp3) is 0.364. The second-order valence-corrected chi connectivity index (χ2v) is 7.78. The first-order chi connectivity index (χ1) is 13.1. The molecule has 0 spiro atoms. The van der Waals surface area contributed by atoms with Crippen molar-refractivity contribution in [2.75, 3.05) is 27.2 Å². The van der Waals surface area contributed by atoms with Crippen molar-refractivity contribution in [3.63, 3.8) is 0 Å². The number of hydrogen-bond donors (Lipinski definition) is 0.